The lowest BCUT2D eigenvalue weighted by molar-refractivity contribution is -0.202. The number of fused-ring (bicyclic) bond motifs is 5. The van der Waals surface area contributed by atoms with Crippen LogP contribution in [0.15, 0.2) is 23.8 Å². The number of carbonyl (C=O) groups is 3. The molecular weight excluding hydrogens is 442 g/mol. The van der Waals surface area contributed by atoms with Gasteiger partial charge in [-0.15, -0.1) is 0 Å². The number of ketones is 2. The number of aliphatic hydroxyl groups is 1. The molecular formula is C27H36F2O5. The number of aliphatic hydroxyl groups excluding tert-OH is 1. The largest absolute Gasteiger partial charge is 0.458 e. The van der Waals surface area contributed by atoms with Crippen molar-refractivity contribution in [2.75, 3.05) is 6.61 Å². The summed E-state index contributed by atoms with van der Waals surface area (Å²) in [5, 5.41) is 11.3. The van der Waals surface area contributed by atoms with Gasteiger partial charge >= 0.3 is 5.97 Å². The molecule has 0 amide bonds. The van der Waals surface area contributed by atoms with Crippen LogP contribution in [0.1, 0.15) is 66.2 Å². The van der Waals surface area contributed by atoms with Crippen LogP contribution in [0.2, 0.25) is 0 Å². The van der Waals surface area contributed by atoms with E-state index in [-0.39, 0.29) is 54.8 Å². The second-order valence-electron chi connectivity index (χ2n) is 11.4. The molecule has 0 aromatic rings. The number of esters is 1. The Labute approximate surface area is 200 Å². The Bertz CT molecular complexity index is 943. The second kappa shape index (κ2) is 8.65. The van der Waals surface area contributed by atoms with Crippen LogP contribution < -0.4 is 0 Å². The Morgan fingerprint density at radius 2 is 1.94 bits per heavy atom. The van der Waals surface area contributed by atoms with Gasteiger partial charge in [-0.2, -0.15) is 0 Å². The Morgan fingerprint density at radius 1 is 1.24 bits per heavy atom. The highest BCUT2D eigenvalue weighted by Crippen LogP contribution is 2.70. The molecule has 0 heterocycles. The number of rotatable bonds is 6. The first-order valence-electron chi connectivity index (χ1n) is 12.5. The molecule has 0 radical (unpaired) electrons. The highest BCUT2D eigenvalue weighted by molar-refractivity contribution is 6.01. The Balaban J connectivity index is 1.63. The van der Waals surface area contributed by atoms with E-state index >= 15 is 8.78 Å². The van der Waals surface area contributed by atoms with Crippen LogP contribution in [0.25, 0.3) is 0 Å². The predicted molar refractivity (Wildman–Crippen MR) is 122 cm³/mol. The van der Waals surface area contributed by atoms with E-state index in [1.54, 1.807) is 6.92 Å². The summed E-state index contributed by atoms with van der Waals surface area (Å²) in [5.74, 6) is -2.75. The number of halogens is 2. The molecule has 0 bridgehead atoms. The van der Waals surface area contributed by atoms with Gasteiger partial charge in [0.05, 0.1) is 6.10 Å². The molecule has 3 fully saturated rings. The lowest BCUT2D eigenvalue weighted by Crippen LogP contribution is -2.68. The number of allylic oxidation sites excluding steroid dienone is 4. The first-order valence-corrected chi connectivity index (χ1v) is 12.5. The molecule has 34 heavy (non-hydrogen) atoms. The van der Waals surface area contributed by atoms with E-state index in [1.165, 1.54) is 18.2 Å². The molecule has 9 atom stereocenters. The third-order valence-corrected chi connectivity index (χ3v) is 9.43. The maximum absolute atomic E-state index is 17.1. The summed E-state index contributed by atoms with van der Waals surface area (Å²) in [6.45, 7) is 7.03. The zero-order chi connectivity index (χ0) is 25.1. The zero-order valence-corrected chi connectivity index (χ0v) is 20.5. The molecule has 4 aliphatic rings. The summed E-state index contributed by atoms with van der Waals surface area (Å²) in [4.78, 5) is 37.1. The summed E-state index contributed by atoms with van der Waals surface area (Å²) < 4.78 is 37.7. The summed E-state index contributed by atoms with van der Waals surface area (Å²) >= 11 is 0. The molecule has 1 unspecified atom stereocenters. The van der Waals surface area contributed by atoms with Crippen LogP contribution in [-0.2, 0) is 19.1 Å². The van der Waals surface area contributed by atoms with Gasteiger partial charge in [0.15, 0.2) is 17.2 Å². The highest BCUT2D eigenvalue weighted by Gasteiger charge is 2.73. The first-order chi connectivity index (χ1) is 15.9. The molecule has 3 saturated carbocycles. The van der Waals surface area contributed by atoms with Crippen molar-refractivity contribution in [1.82, 2.24) is 0 Å². The van der Waals surface area contributed by atoms with Gasteiger partial charge in [0.1, 0.15) is 12.8 Å². The van der Waals surface area contributed by atoms with Gasteiger partial charge in [-0.3, -0.25) is 14.4 Å². The van der Waals surface area contributed by atoms with Crippen LogP contribution >= 0.6 is 0 Å². The molecule has 1 N–H and O–H groups in total. The minimum absolute atomic E-state index is 0.0524. The second-order valence-corrected chi connectivity index (χ2v) is 11.4. The summed E-state index contributed by atoms with van der Waals surface area (Å²) in [7, 11) is 0. The fraction of sp³-hybridized carbons (Fsp3) is 0.741. The van der Waals surface area contributed by atoms with Crippen LogP contribution in [0.4, 0.5) is 8.78 Å². The normalized spacial score (nSPS) is 45.1. The van der Waals surface area contributed by atoms with Crippen LogP contribution in [-0.4, -0.2) is 47.2 Å². The number of hydrogen-bond donors (Lipinski definition) is 1. The van der Waals surface area contributed by atoms with Crippen LogP contribution in [0, 0.1) is 34.5 Å². The lowest BCUT2D eigenvalue weighted by atomic mass is 9.45. The third-order valence-electron chi connectivity index (χ3n) is 9.43. The van der Waals surface area contributed by atoms with E-state index in [1.807, 2.05) is 20.8 Å². The fourth-order valence-electron chi connectivity index (χ4n) is 7.89. The first kappa shape index (κ1) is 25.2. The predicted octanol–water partition coefficient (Wildman–Crippen LogP) is 4.47. The molecule has 0 aliphatic heterocycles. The molecule has 7 heteroatoms. The fourth-order valence-corrected chi connectivity index (χ4v) is 7.89. The average molecular weight is 479 g/mol. The van der Waals surface area contributed by atoms with Gasteiger partial charge in [0.25, 0.3) is 0 Å². The molecule has 0 saturated heterocycles. The van der Waals surface area contributed by atoms with Crippen molar-refractivity contribution in [3.63, 3.8) is 0 Å². The van der Waals surface area contributed by atoms with Crippen molar-refractivity contribution in [2.24, 2.45) is 34.5 Å². The van der Waals surface area contributed by atoms with Crippen LogP contribution in [0.5, 0.6) is 0 Å². The van der Waals surface area contributed by atoms with Gasteiger partial charge in [-0.05, 0) is 67.6 Å². The summed E-state index contributed by atoms with van der Waals surface area (Å²) in [5.41, 5.74) is -4.21. The molecule has 0 spiro atoms. The van der Waals surface area contributed by atoms with E-state index in [9.17, 15) is 19.5 Å². The Morgan fingerprint density at radius 3 is 2.62 bits per heavy atom. The molecule has 4 rings (SSSR count). The van der Waals surface area contributed by atoms with Crippen molar-refractivity contribution in [2.45, 2.75) is 84.2 Å². The Kier molecular flexibility index (Phi) is 6.41. The van der Waals surface area contributed by atoms with Crippen molar-refractivity contribution >= 4 is 17.5 Å². The van der Waals surface area contributed by atoms with Gasteiger partial charge < -0.3 is 9.84 Å². The lowest BCUT2D eigenvalue weighted by Gasteiger charge is -2.62. The van der Waals surface area contributed by atoms with Crippen molar-refractivity contribution in [1.29, 1.82) is 0 Å². The number of alkyl halides is 2. The van der Waals surface area contributed by atoms with Crippen molar-refractivity contribution in [3.05, 3.63) is 23.8 Å². The number of unbranched alkanes of at least 4 members (excludes halogenated alkanes) is 1. The monoisotopic (exact) mass is 478 g/mol. The maximum atomic E-state index is 17.1. The van der Waals surface area contributed by atoms with Gasteiger partial charge in [-0.1, -0.05) is 33.3 Å². The van der Waals surface area contributed by atoms with E-state index in [2.05, 4.69) is 0 Å². The van der Waals surface area contributed by atoms with Crippen molar-refractivity contribution < 1.29 is 33.0 Å². The molecule has 4 aliphatic carbocycles. The van der Waals surface area contributed by atoms with Gasteiger partial charge in [0, 0.05) is 23.7 Å². The highest BCUT2D eigenvalue weighted by atomic mass is 19.1. The van der Waals surface area contributed by atoms with E-state index in [0.717, 1.165) is 6.42 Å². The number of hydrogen-bond acceptors (Lipinski definition) is 5. The average Bonchev–Trinajstić information content (AvgIpc) is 3.03. The molecule has 0 aromatic carbocycles. The van der Waals surface area contributed by atoms with Gasteiger partial charge in [-0.25, -0.2) is 8.78 Å². The van der Waals surface area contributed by atoms with Crippen molar-refractivity contribution in [3.8, 4) is 0 Å². The summed E-state index contributed by atoms with van der Waals surface area (Å²) in [6, 6.07) is 0. The SMILES string of the molecule is CCCCC(=O)OCC(=O)[C@H]1[C@H](C)C[C@H]2[C@@H]3C[C@H](F)C4=CC(=O)C=C[C@]4(C)C3(F)[C@@H](O)C[C@@]21C. The smallest absolute Gasteiger partial charge is 0.306 e. The molecule has 0 aromatic heterocycles. The zero-order valence-electron chi connectivity index (χ0n) is 20.5. The standard InChI is InChI=1S/C27H36F2O5/c1-5-6-7-23(33)34-14-21(31)24-15(2)10-17-18-12-20(28)19-11-16(30)8-9-26(19,4)27(18,29)22(32)13-25(17,24)3/h8-9,11,15,17-18,20,22,24,32H,5-7,10,12-14H2,1-4H3/t15-,17+,18+,20+,22+,24-,25+,26+,27?/m1/s1. The minimum Gasteiger partial charge on any atom is -0.458 e. The Hall–Kier alpha value is -1.89. The number of ether oxygens (including phenoxy) is 1. The van der Waals surface area contributed by atoms with Gasteiger partial charge in [0.2, 0.25) is 0 Å². The topological polar surface area (TPSA) is 80.7 Å². The van der Waals surface area contributed by atoms with E-state index in [0.29, 0.717) is 12.8 Å². The molecule has 188 valence electrons. The van der Waals surface area contributed by atoms with E-state index < -0.39 is 46.6 Å². The maximum Gasteiger partial charge on any atom is 0.306 e. The van der Waals surface area contributed by atoms with E-state index in [4.69, 9.17) is 4.74 Å². The molecule has 5 nitrogen and oxygen atoms in total. The number of carbonyl (C=O) groups excluding carboxylic acids is 3. The minimum atomic E-state index is -2.15. The summed E-state index contributed by atoms with van der Waals surface area (Å²) in [6.07, 6.45) is 3.20. The quantitative estimate of drug-likeness (QED) is 0.570. The van der Waals surface area contributed by atoms with Crippen LogP contribution in [0.3, 0.4) is 0 Å². The third kappa shape index (κ3) is 3.52. The number of Topliss-reactive ketones (excluding diaryl/α,β-unsaturated/α-hetero) is 1.